The topological polar surface area (TPSA) is 37.4 Å². The Morgan fingerprint density at radius 2 is 1.52 bits per heavy atom. The van der Waals surface area contributed by atoms with Crippen molar-refractivity contribution in [2.45, 2.75) is 12.5 Å². The van der Waals surface area contributed by atoms with Gasteiger partial charge in [0, 0.05) is 29.6 Å². The summed E-state index contributed by atoms with van der Waals surface area (Å²) in [6, 6.07) is 24.7. The van der Waals surface area contributed by atoms with Crippen LogP contribution in [-0.4, -0.2) is 23.1 Å². The number of benzene rings is 3. The molecule has 4 heteroatoms. The lowest BCUT2D eigenvalue weighted by molar-refractivity contribution is -0.127. The van der Waals surface area contributed by atoms with Crippen molar-refractivity contribution in [2.75, 3.05) is 6.54 Å². The van der Waals surface area contributed by atoms with E-state index in [2.05, 4.69) is 18.2 Å². The molecule has 1 aliphatic rings. The second kappa shape index (κ2) is 7.37. The zero-order valence-corrected chi connectivity index (χ0v) is 15.4. The van der Waals surface area contributed by atoms with Crippen LogP contribution in [0.2, 0.25) is 5.02 Å². The van der Waals surface area contributed by atoms with E-state index in [0.717, 1.165) is 11.1 Å². The molecule has 1 atom stereocenters. The van der Waals surface area contributed by atoms with E-state index in [-0.39, 0.29) is 5.92 Å². The highest BCUT2D eigenvalue weighted by Gasteiger charge is 2.32. The molecule has 0 radical (unpaired) electrons. The quantitative estimate of drug-likeness (QED) is 0.491. The van der Waals surface area contributed by atoms with Crippen molar-refractivity contribution in [1.29, 1.82) is 0 Å². The molecule has 0 saturated carbocycles. The van der Waals surface area contributed by atoms with E-state index < -0.39 is 11.7 Å². The predicted molar refractivity (Wildman–Crippen MR) is 106 cm³/mol. The summed E-state index contributed by atoms with van der Waals surface area (Å²) in [5.74, 6) is -0.927. The van der Waals surface area contributed by atoms with Crippen LogP contribution in [0.1, 0.15) is 33.0 Å². The highest BCUT2D eigenvalue weighted by molar-refractivity contribution is 6.42. The molecule has 0 aliphatic carbocycles. The summed E-state index contributed by atoms with van der Waals surface area (Å²) in [4.78, 5) is 27.2. The molecule has 134 valence electrons. The summed E-state index contributed by atoms with van der Waals surface area (Å²) in [5, 5.41) is 0.537. The molecule has 0 spiro atoms. The number of hydrogen-bond donors (Lipinski definition) is 0. The fraction of sp³-hybridized carbons (Fsp3) is 0.130. The van der Waals surface area contributed by atoms with Crippen molar-refractivity contribution >= 4 is 23.3 Å². The van der Waals surface area contributed by atoms with E-state index in [9.17, 15) is 9.59 Å². The Morgan fingerprint density at radius 3 is 2.26 bits per heavy atom. The lowest BCUT2D eigenvalue weighted by Gasteiger charge is -2.34. The number of amides is 1. The summed E-state index contributed by atoms with van der Waals surface area (Å²) >= 11 is 5.88. The first kappa shape index (κ1) is 17.5. The maximum absolute atomic E-state index is 12.9. The first-order chi connectivity index (χ1) is 13.1. The van der Waals surface area contributed by atoms with Gasteiger partial charge < -0.3 is 4.90 Å². The highest BCUT2D eigenvalue weighted by atomic mass is 35.5. The number of carbonyl (C=O) groups excluding carboxylic acids is 2. The third-order valence-corrected chi connectivity index (χ3v) is 5.24. The molecule has 0 aromatic heterocycles. The van der Waals surface area contributed by atoms with Gasteiger partial charge >= 0.3 is 0 Å². The number of halogens is 1. The molecule has 1 amide bonds. The summed E-state index contributed by atoms with van der Waals surface area (Å²) in [6.45, 7) is 0.927. The Morgan fingerprint density at radius 1 is 0.852 bits per heavy atom. The molecule has 0 N–H and O–H groups in total. The van der Waals surface area contributed by atoms with Gasteiger partial charge in [0.2, 0.25) is 5.78 Å². The highest BCUT2D eigenvalue weighted by Crippen LogP contribution is 2.33. The molecule has 3 aromatic carbocycles. The van der Waals surface area contributed by atoms with E-state index in [4.69, 9.17) is 11.6 Å². The summed E-state index contributed by atoms with van der Waals surface area (Å²) < 4.78 is 0. The third-order valence-electron chi connectivity index (χ3n) is 4.98. The van der Waals surface area contributed by atoms with Crippen molar-refractivity contribution in [3.05, 3.63) is 106 Å². The minimum Gasteiger partial charge on any atom is -0.331 e. The van der Waals surface area contributed by atoms with Gasteiger partial charge in [0.05, 0.1) is 0 Å². The largest absolute Gasteiger partial charge is 0.331 e. The Labute approximate surface area is 163 Å². The van der Waals surface area contributed by atoms with Crippen LogP contribution in [0.25, 0.3) is 0 Å². The Hall–Kier alpha value is -2.91. The van der Waals surface area contributed by atoms with Crippen LogP contribution < -0.4 is 0 Å². The third kappa shape index (κ3) is 3.51. The van der Waals surface area contributed by atoms with Crippen molar-refractivity contribution in [3.63, 3.8) is 0 Å². The molecule has 0 fully saturated rings. The van der Waals surface area contributed by atoms with Crippen LogP contribution in [0.3, 0.4) is 0 Å². The van der Waals surface area contributed by atoms with E-state index in [1.807, 2.05) is 36.4 Å². The molecule has 1 unspecified atom stereocenters. The van der Waals surface area contributed by atoms with Gasteiger partial charge in [-0.05, 0) is 41.0 Å². The van der Waals surface area contributed by atoms with Gasteiger partial charge in [-0.1, -0.05) is 66.2 Å². The predicted octanol–water partition coefficient (Wildman–Crippen LogP) is 4.70. The van der Waals surface area contributed by atoms with Gasteiger partial charge in [0.15, 0.2) is 0 Å². The fourth-order valence-corrected chi connectivity index (χ4v) is 3.73. The van der Waals surface area contributed by atoms with Gasteiger partial charge in [-0.2, -0.15) is 0 Å². The molecular formula is C23H18ClNO2. The number of ketones is 1. The molecule has 0 saturated heterocycles. The lowest BCUT2D eigenvalue weighted by atomic mass is 9.84. The van der Waals surface area contributed by atoms with E-state index >= 15 is 0 Å². The molecular weight excluding hydrogens is 358 g/mol. The second-order valence-corrected chi connectivity index (χ2v) is 7.12. The average molecular weight is 376 g/mol. The number of nitrogens with zero attached hydrogens (tertiary/aromatic N) is 1. The van der Waals surface area contributed by atoms with Crippen LogP contribution in [0.15, 0.2) is 78.9 Å². The molecule has 3 nitrogen and oxygen atoms in total. The van der Waals surface area contributed by atoms with Crippen LogP contribution in [0.5, 0.6) is 0 Å². The minimum atomic E-state index is -0.502. The number of rotatable bonds is 3. The molecule has 1 heterocycles. The molecule has 3 aromatic rings. The van der Waals surface area contributed by atoms with Crippen molar-refractivity contribution in [2.24, 2.45) is 0 Å². The molecule has 27 heavy (non-hydrogen) atoms. The monoisotopic (exact) mass is 375 g/mol. The van der Waals surface area contributed by atoms with Gasteiger partial charge in [0.1, 0.15) is 0 Å². The van der Waals surface area contributed by atoms with Crippen molar-refractivity contribution in [1.82, 2.24) is 4.90 Å². The Kier molecular flexibility index (Phi) is 4.78. The average Bonchev–Trinajstić information content (AvgIpc) is 2.73. The number of hydrogen-bond acceptors (Lipinski definition) is 2. The van der Waals surface area contributed by atoms with Crippen LogP contribution in [0, 0.1) is 0 Å². The number of carbonyl (C=O) groups is 2. The zero-order chi connectivity index (χ0) is 18.8. The van der Waals surface area contributed by atoms with E-state index in [0.29, 0.717) is 23.7 Å². The second-order valence-electron chi connectivity index (χ2n) is 6.68. The number of fused-ring (bicyclic) bond motifs is 1. The lowest BCUT2D eigenvalue weighted by Crippen LogP contribution is -2.42. The van der Waals surface area contributed by atoms with Gasteiger partial charge in [-0.3, -0.25) is 9.59 Å². The first-order valence-electron chi connectivity index (χ1n) is 8.85. The van der Waals surface area contributed by atoms with Crippen LogP contribution >= 0.6 is 11.6 Å². The first-order valence-corrected chi connectivity index (χ1v) is 9.23. The van der Waals surface area contributed by atoms with Gasteiger partial charge in [-0.15, -0.1) is 0 Å². The van der Waals surface area contributed by atoms with E-state index in [1.54, 1.807) is 29.2 Å². The Balaban J connectivity index is 1.65. The van der Waals surface area contributed by atoms with Crippen molar-refractivity contribution in [3.8, 4) is 0 Å². The molecule has 0 bridgehead atoms. The van der Waals surface area contributed by atoms with Crippen LogP contribution in [-0.2, 0) is 11.3 Å². The SMILES string of the molecule is O=C(C(=O)N1Cc2ccccc2C(c2ccccc2)C1)c1ccc(Cl)cc1. The maximum Gasteiger partial charge on any atom is 0.295 e. The normalized spacial score (nSPS) is 15.9. The van der Waals surface area contributed by atoms with Gasteiger partial charge in [0.25, 0.3) is 5.91 Å². The standard InChI is InChI=1S/C23H18ClNO2/c24-19-12-10-17(11-13-19)22(26)23(27)25-14-18-8-4-5-9-20(18)21(15-25)16-6-2-1-3-7-16/h1-13,21H,14-15H2. The summed E-state index contributed by atoms with van der Waals surface area (Å²) in [6.07, 6.45) is 0. The smallest absolute Gasteiger partial charge is 0.295 e. The number of Topliss-reactive ketones (excluding diaryl/α,β-unsaturated/α-hetero) is 1. The summed E-state index contributed by atoms with van der Waals surface area (Å²) in [7, 11) is 0. The van der Waals surface area contributed by atoms with Gasteiger partial charge in [-0.25, -0.2) is 0 Å². The van der Waals surface area contributed by atoms with Crippen molar-refractivity contribution < 1.29 is 9.59 Å². The maximum atomic E-state index is 12.9. The fourth-order valence-electron chi connectivity index (χ4n) is 3.60. The van der Waals surface area contributed by atoms with Crippen LogP contribution in [0.4, 0.5) is 0 Å². The van der Waals surface area contributed by atoms with E-state index in [1.165, 1.54) is 5.56 Å². The molecule has 4 rings (SSSR count). The summed E-state index contributed by atoms with van der Waals surface area (Å²) in [5.41, 5.74) is 3.79. The molecule has 1 aliphatic heterocycles. The Bertz CT molecular complexity index is 983. The minimum absolute atomic E-state index is 0.0538. The zero-order valence-electron chi connectivity index (χ0n) is 14.6.